The average Bonchev–Trinajstić information content (AvgIpc) is 2.49. The predicted octanol–water partition coefficient (Wildman–Crippen LogP) is 2.35. The van der Waals surface area contributed by atoms with Crippen LogP contribution in [0.4, 0.5) is 4.39 Å². The monoisotopic (exact) mass is 289 g/mol. The van der Waals surface area contributed by atoms with E-state index in [4.69, 9.17) is 5.11 Å². The van der Waals surface area contributed by atoms with Crippen LogP contribution in [0.5, 0.6) is 0 Å². The summed E-state index contributed by atoms with van der Waals surface area (Å²) in [5, 5.41) is 19.4. The van der Waals surface area contributed by atoms with Gasteiger partial charge in [0.2, 0.25) is 0 Å². The first-order valence-corrected chi connectivity index (χ1v) is 6.99. The molecule has 2 aromatic carbocycles. The van der Waals surface area contributed by atoms with Gasteiger partial charge < -0.3 is 10.2 Å². The lowest BCUT2D eigenvalue weighted by Gasteiger charge is -2.24. The fourth-order valence-electron chi connectivity index (χ4n) is 2.25. The van der Waals surface area contributed by atoms with E-state index in [2.05, 4.69) is 0 Å². The zero-order valence-corrected chi connectivity index (χ0v) is 11.8. The Morgan fingerprint density at radius 2 is 1.67 bits per heavy atom. The Balaban J connectivity index is 2.00. The Hall–Kier alpha value is -1.75. The number of nitrogens with zero attached hydrogens (tertiary/aromatic N) is 1. The summed E-state index contributed by atoms with van der Waals surface area (Å²) in [5.41, 5.74) is 1.80. The highest BCUT2D eigenvalue weighted by atomic mass is 19.1. The van der Waals surface area contributed by atoms with E-state index in [1.807, 2.05) is 35.2 Å². The van der Waals surface area contributed by atoms with Gasteiger partial charge in [-0.3, -0.25) is 4.90 Å². The molecule has 1 unspecified atom stereocenters. The van der Waals surface area contributed by atoms with Crippen LogP contribution in [0.25, 0.3) is 0 Å². The maximum absolute atomic E-state index is 12.9. The van der Waals surface area contributed by atoms with Gasteiger partial charge in [0.25, 0.3) is 0 Å². The van der Waals surface area contributed by atoms with Crippen LogP contribution in [0.2, 0.25) is 0 Å². The van der Waals surface area contributed by atoms with Crippen molar-refractivity contribution < 1.29 is 14.6 Å². The van der Waals surface area contributed by atoms with Gasteiger partial charge >= 0.3 is 0 Å². The Kier molecular flexibility index (Phi) is 5.87. The molecule has 0 aliphatic heterocycles. The van der Waals surface area contributed by atoms with Gasteiger partial charge in [0.15, 0.2) is 0 Å². The van der Waals surface area contributed by atoms with E-state index < -0.39 is 6.10 Å². The van der Waals surface area contributed by atoms with E-state index in [0.717, 1.165) is 5.56 Å². The quantitative estimate of drug-likeness (QED) is 0.822. The van der Waals surface area contributed by atoms with Gasteiger partial charge in [0.1, 0.15) is 5.82 Å². The molecular weight excluding hydrogens is 269 g/mol. The topological polar surface area (TPSA) is 43.7 Å². The SMILES string of the molecule is OCCN(Cc1ccccc1)CC(O)c1ccc(F)cc1. The van der Waals surface area contributed by atoms with E-state index in [1.165, 1.54) is 12.1 Å². The molecule has 0 amide bonds. The molecule has 2 rings (SSSR count). The maximum atomic E-state index is 12.9. The van der Waals surface area contributed by atoms with Gasteiger partial charge in [-0.05, 0) is 23.3 Å². The summed E-state index contributed by atoms with van der Waals surface area (Å²) in [6, 6.07) is 15.7. The molecule has 2 N–H and O–H groups in total. The number of aliphatic hydroxyl groups is 2. The molecule has 0 aromatic heterocycles. The third kappa shape index (κ3) is 4.93. The molecule has 0 fully saturated rings. The van der Waals surface area contributed by atoms with Crippen molar-refractivity contribution in [2.75, 3.05) is 19.7 Å². The summed E-state index contributed by atoms with van der Waals surface area (Å²) in [7, 11) is 0. The predicted molar refractivity (Wildman–Crippen MR) is 80.2 cm³/mol. The zero-order chi connectivity index (χ0) is 15.1. The summed E-state index contributed by atoms with van der Waals surface area (Å²) >= 11 is 0. The number of rotatable bonds is 7. The van der Waals surface area contributed by atoms with Crippen molar-refractivity contribution in [2.24, 2.45) is 0 Å². The second kappa shape index (κ2) is 7.88. The average molecular weight is 289 g/mol. The first-order valence-electron chi connectivity index (χ1n) is 6.99. The van der Waals surface area contributed by atoms with Gasteiger partial charge in [-0.25, -0.2) is 4.39 Å². The third-order valence-electron chi connectivity index (χ3n) is 3.35. The zero-order valence-electron chi connectivity index (χ0n) is 11.8. The lowest BCUT2D eigenvalue weighted by atomic mass is 10.1. The highest BCUT2D eigenvalue weighted by Crippen LogP contribution is 2.16. The fourth-order valence-corrected chi connectivity index (χ4v) is 2.25. The minimum absolute atomic E-state index is 0.0307. The fraction of sp³-hybridized carbons (Fsp3) is 0.294. The third-order valence-corrected chi connectivity index (χ3v) is 3.35. The Labute approximate surface area is 124 Å². The van der Waals surface area contributed by atoms with Gasteiger partial charge in [-0.15, -0.1) is 0 Å². The highest BCUT2D eigenvalue weighted by molar-refractivity contribution is 5.19. The van der Waals surface area contributed by atoms with Crippen LogP contribution in [0.15, 0.2) is 54.6 Å². The van der Waals surface area contributed by atoms with Gasteiger partial charge in [-0.2, -0.15) is 0 Å². The van der Waals surface area contributed by atoms with Crippen molar-refractivity contribution in [3.63, 3.8) is 0 Å². The Morgan fingerprint density at radius 1 is 1.00 bits per heavy atom. The minimum Gasteiger partial charge on any atom is -0.395 e. The van der Waals surface area contributed by atoms with Crippen molar-refractivity contribution >= 4 is 0 Å². The summed E-state index contributed by atoms with van der Waals surface area (Å²) in [6.07, 6.45) is -0.708. The molecule has 0 saturated carbocycles. The molecule has 0 aliphatic carbocycles. The molecule has 112 valence electrons. The summed E-state index contributed by atoms with van der Waals surface area (Å²) in [4.78, 5) is 1.98. The molecule has 21 heavy (non-hydrogen) atoms. The normalized spacial score (nSPS) is 12.6. The van der Waals surface area contributed by atoms with E-state index in [9.17, 15) is 9.50 Å². The largest absolute Gasteiger partial charge is 0.395 e. The lowest BCUT2D eigenvalue weighted by molar-refractivity contribution is 0.0956. The number of aliphatic hydroxyl groups excluding tert-OH is 2. The first-order chi connectivity index (χ1) is 10.2. The molecule has 3 nitrogen and oxygen atoms in total. The molecule has 0 bridgehead atoms. The van der Waals surface area contributed by atoms with Crippen LogP contribution in [0.3, 0.4) is 0 Å². The van der Waals surface area contributed by atoms with Crippen molar-refractivity contribution in [1.82, 2.24) is 4.90 Å². The second-order valence-electron chi connectivity index (χ2n) is 5.01. The Bertz CT molecular complexity index is 530. The van der Waals surface area contributed by atoms with Crippen molar-refractivity contribution in [2.45, 2.75) is 12.6 Å². The van der Waals surface area contributed by atoms with Gasteiger partial charge in [0, 0.05) is 19.6 Å². The number of hydrogen-bond acceptors (Lipinski definition) is 3. The van der Waals surface area contributed by atoms with E-state index in [1.54, 1.807) is 12.1 Å². The van der Waals surface area contributed by atoms with Crippen LogP contribution >= 0.6 is 0 Å². The van der Waals surface area contributed by atoms with Gasteiger partial charge in [0.05, 0.1) is 12.7 Å². The van der Waals surface area contributed by atoms with Gasteiger partial charge in [-0.1, -0.05) is 42.5 Å². The van der Waals surface area contributed by atoms with Crippen LogP contribution in [-0.4, -0.2) is 34.8 Å². The molecule has 0 spiro atoms. The van der Waals surface area contributed by atoms with E-state index in [-0.39, 0.29) is 12.4 Å². The number of benzene rings is 2. The van der Waals surface area contributed by atoms with Crippen LogP contribution in [0.1, 0.15) is 17.2 Å². The van der Waals surface area contributed by atoms with E-state index >= 15 is 0 Å². The highest BCUT2D eigenvalue weighted by Gasteiger charge is 2.13. The van der Waals surface area contributed by atoms with Crippen molar-refractivity contribution in [1.29, 1.82) is 0 Å². The van der Waals surface area contributed by atoms with Crippen molar-refractivity contribution in [3.8, 4) is 0 Å². The number of hydrogen-bond donors (Lipinski definition) is 2. The second-order valence-corrected chi connectivity index (χ2v) is 5.01. The van der Waals surface area contributed by atoms with E-state index in [0.29, 0.717) is 25.2 Å². The molecule has 0 heterocycles. The molecule has 0 aliphatic rings. The number of halogens is 1. The molecule has 0 saturated heterocycles. The first kappa shape index (κ1) is 15.6. The molecular formula is C17H20FNO2. The Morgan fingerprint density at radius 3 is 2.29 bits per heavy atom. The smallest absolute Gasteiger partial charge is 0.123 e. The minimum atomic E-state index is -0.708. The molecule has 1 atom stereocenters. The maximum Gasteiger partial charge on any atom is 0.123 e. The molecule has 4 heteroatoms. The van der Waals surface area contributed by atoms with Crippen molar-refractivity contribution in [3.05, 3.63) is 71.5 Å². The van der Waals surface area contributed by atoms with Crippen LogP contribution < -0.4 is 0 Å². The standard InChI is InChI=1S/C17H20FNO2/c18-16-8-6-15(7-9-16)17(21)13-19(10-11-20)12-14-4-2-1-3-5-14/h1-9,17,20-21H,10-13H2. The lowest BCUT2D eigenvalue weighted by Crippen LogP contribution is -2.31. The summed E-state index contributed by atoms with van der Waals surface area (Å²) < 4.78 is 12.9. The van der Waals surface area contributed by atoms with Crippen LogP contribution in [-0.2, 0) is 6.54 Å². The molecule has 0 radical (unpaired) electrons. The molecule has 2 aromatic rings. The summed E-state index contributed by atoms with van der Waals surface area (Å²) in [5.74, 6) is -0.317. The summed E-state index contributed by atoms with van der Waals surface area (Å²) in [6.45, 7) is 1.55. The van der Waals surface area contributed by atoms with Crippen LogP contribution in [0, 0.1) is 5.82 Å².